The summed E-state index contributed by atoms with van der Waals surface area (Å²) in [5.74, 6) is -0.235. The number of nitrogens with zero attached hydrogens (tertiary/aromatic N) is 2. The Kier molecular flexibility index (Phi) is 4.37. The third-order valence-electron chi connectivity index (χ3n) is 3.25. The molecule has 98 valence electrons. The molecule has 2 aromatic carbocycles. The van der Waals surface area contributed by atoms with Crippen LogP contribution in [0.5, 0.6) is 5.75 Å². The second kappa shape index (κ2) is 6.41. The van der Waals surface area contributed by atoms with Crippen molar-refractivity contribution >= 4 is 0 Å². The summed E-state index contributed by atoms with van der Waals surface area (Å²) in [5.41, 5.74) is 1.68. The van der Waals surface area contributed by atoms with E-state index in [9.17, 15) is 10.5 Å². The summed E-state index contributed by atoms with van der Waals surface area (Å²) in [5, 5.41) is 18.9. The summed E-state index contributed by atoms with van der Waals surface area (Å²) in [6.45, 7) is 0. The molecule has 0 aliphatic carbocycles. The van der Waals surface area contributed by atoms with Gasteiger partial charge in [-0.2, -0.15) is 10.5 Å². The second-order valence-corrected chi connectivity index (χ2v) is 4.40. The van der Waals surface area contributed by atoms with Crippen LogP contribution in [0.25, 0.3) is 0 Å². The van der Waals surface area contributed by atoms with E-state index in [0.717, 1.165) is 16.9 Å². The van der Waals surface area contributed by atoms with E-state index in [2.05, 4.69) is 12.1 Å². The van der Waals surface area contributed by atoms with Gasteiger partial charge in [0, 0.05) is 0 Å². The van der Waals surface area contributed by atoms with Crippen LogP contribution in [0.15, 0.2) is 54.6 Å². The first-order valence-electron chi connectivity index (χ1n) is 6.28. The number of benzene rings is 2. The summed E-state index contributed by atoms with van der Waals surface area (Å²) in [4.78, 5) is 0. The third kappa shape index (κ3) is 2.79. The molecule has 0 heterocycles. The number of hydrogen-bond donors (Lipinski definition) is 0. The van der Waals surface area contributed by atoms with Crippen molar-refractivity contribution in [2.45, 2.75) is 11.8 Å². The Morgan fingerprint density at radius 2 is 1.30 bits per heavy atom. The van der Waals surface area contributed by atoms with Crippen LogP contribution in [0.1, 0.15) is 23.0 Å². The molecule has 0 bridgehead atoms. The molecule has 0 amide bonds. The zero-order chi connectivity index (χ0) is 14.4. The van der Waals surface area contributed by atoms with Gasteiger partial charge < -0.3 is 4.74 Å². The van der Waals surface area contributed by atoms with Crippen molar-refractivity contribution in [1.29, 1.82) is 10.5 Å². The minimum atomic E-state index is -0.492. The second-order valence-electron chi connectivity index (χ2n) is 4.40. The van der Waals surface area contributed by atoms with Crippen LogP contribution in [0, 0.1) is 22.7 Å². The average Bonchev–Trinajstić information content (AvgIpc) is 2.53. The summed E-state index contributed by atoms with van der Waals surface area (Å²) in [6, 6.07) is 21.2. The monoisotopic (exact) mass is 262 g/mol. The number of rotatable bonds is 4. The lowest BCUT2D eigenvalue weighted by atomic mass is 9.83. The topological polar surface area (TPSA) is 56.8 Å². The van der Waals surface area contributed by atoms with Crippen LogP contribution in [-0.4, -0.2) is 7.11 Å². The molecule has 2 atom stereocenters. The van der Waals surface area contributed by atoms with Crippen molar-refractivity contribution in [1.82, 2.24) is 0 Å². The van der Waals surface area contributed by atoms with Crippen LogP contribution in [0.2, 0.25) is 0 Å². The van der Waals surface area contributed by atoms with Gasteiger partial charge in [0.15, 0.2) is 0 Å². The van der Waals surface area contributed by atoms with Crippen molar-refractivity contribution < 1.29 is 4.74 Å². The van der Waals surface area contributed by atoms with E-state index in [1.807, 2.05) is 42.5 Å². The molecule has 0 aromatic heterocycles. The molecule has 0 fully saturated rings. The zero-order valence-corrected chi connectivity index (χ0v) is 11.2. The fraction of sp³-hybridized carbons (Fsp3) is 0.176. The minimum Gasteiger partial charge on any atom is -0.497 e. The molecule has 2 rings (SSSR count). The molecule has 0 aliphatic rings. The van der Waals surface area contributed by atoms with Crippen molar-refractivity contribution in [2.75, 3.05) is 7.11 Å². The maximum Gasteiger partial charge on any atom is 0.118 e. The first-order chi connectivity index (χ1) is 9.80. The lowest BCUT2D eigenvalue weighted by Crippen LogP contribution is -2.08. The smallest absolute Gasteiger partial charge is 0.118 e. The predicted octanol–water partition coefficient (Wildman–Crippen LogP) is 3.61. The van der Waals surface area contributed by atoms with Gasteiger partial charge in [-0.3, -0.25) is 0 Å². The Hall–Kier alpha value is -2.78. The maximum absolute atomic E-state index is 9.44. The first-order valence-corrected chi connectivity index (χ1v) is 6.28. The van der Waals surface area contributed by atoms with Crippen LogP contribution >= 0.6 is 0 Å². The Morgan fingerprint density at radius 3 is 1.75 bits per heavy atom. The first kappa shape index (κ1) is 13.6. The Balaban J connectivity index is 2.35. The maximum atomic E-state index is 9.44. The zero-order valence-electron chi connectivity index (χ0n) is 11.2. The van der Waals surface area contributed by atoms with Gasteiger partial charge in [-0.05, 0) is 23.3 Å². The molecular formula is C17H14N2O. The Labute approximate surface area is 118 Å². The molecule has 0 aliphatic heterocycles. The van der Waals surface area contributed by atoms with Gasteiger partial charge >= 0.3 is 0 Å². The number of methoxy groups -OCH3 is 1. The van der Waals surface area contributed by atoms with Gasteiger partial charge in [-0.15, -0.1) is 0 Å². The molecule has 0 N–H and O–H groups in total. The molecule has 20 heavy (non-hydrogen) atoms. The van der Waals surface area contributed by atoms with E-state index in [-0.39, 0.29) is 0 Å². The minimum absolute atomic E-state index is 0.477. The summed E-state index contributed by atoms with van der Waals surface area (Å²) in [6.07, 6.45) is 0. The fourth-order valence-electron chi connectivity index (χ4n) is 2.15. The quantitative estimate of drug-likeness (QED) is 0.845. The van der Waals surface area contributed by atoms with Crippen LogP contribution in [-0.2, 0) is 0 Å². The third-order valence-corrected chi connectivity index (χ3v) is 3.25. The Morgan fingerprint density at radius 1 is 0.800 bits per heavy atom. The molecule has 2 aromatic rings. The number of ether oxygens (including phenoxy) is 1. The van der Waals surface area contributed by atoms with Gasteiger partial charge in [0.1, 0.15) is 5.75 Å². The molecular weight excluding hydrogens is 248 g/mol. The van der Waals surface area contributed by atoms with E-state index < -0.39 is 11.8 Å². The van der Waals surface area contributed by atoms with E-state index in [1.165, 1.54) is 0 Å². The highest BCUT2D eigenvalue weighted by atomic mass is 16.5. The van der Waals surface area contributed by atoms with Gasteiger partial charge in [-0.25, -0.2) is 0 Å². The highest BCUT2D eigenvalue weighted by Gasteiger charge is 2.24. The van der Waals surface area contributed by atoms with Gasteiger partial charge in [0.25, 0.3) is 0 Å². The molecule has 3 heteroatoms. The molecule has 0 radical (unpaired) electrons. The number of hydrogen-bond acceptors (Lipinski definition) is 3. The molecule has 0 unspecified atom stereocenters. The molecule has 0 saturated carbocycles. The predicted molar refractivity (Wildman–Crippen MR) is 76.1 cm³/mol. The lowest BCUT2D eigenvalue weighted by molar-refractivity contribution is 0.414. The molecule has 0 spiro atoms. The van der Waals surface area contributed by atoms with Crippen molar-refractivity contribution in [3.8, 4) is 17.9 Å². The van der Waals surface area contributed by atoms with Crippen LogP contribution < -0.4 is 4.74 Å². The van der Waals surface area contributed by atoms with E-state index >= 15 is 0 Å². The van der Waals surface area contributed by atoms with Crippen molar-refractivity contribution in [2.24, 2.45) is 0 Å². The summed E-state index contributed by atoms with van der Waals surface area (Å²) < 4.78 is 5.11. The largest absolute Gasteiger partial charge is 0.497 e. The van der Waals surface area contributed by atoms with Gasteiger partial charge in [-0.1, -0.05) is 42.5 Å². The van der Waals surface area contributed by atoms with Crippen LogP contribution in [0.3, 0.4) is 0 Å². The SMILES string of the molecule is COc1ccc([C@@H](C#N)[C@H](C#N)c2ccccc2)cc1. The highest BCUT2D eigenvalue weighted by molar-refractivity contribution is 5.39. The average molecular weight is 262 g/mol. The van der Waals surface area contributed by atoms with Crippen LogP contribution in [0.4, 0.5) is 0 Å². The molecule has 0 saturated heterocycles. The Bertz CT molecular complexity index is 635. The number of nitriles is 2. The van der Waals surface area contributed by atoms with E-state index in [4.69, 9.17) is 4.74 Å². The van der Waals surface area contributed by atoms with E-state index in [0.29, 0.717) is 0 Å². The van der Waals surface area contributed by atoms with E-state index in [1.54, 1.807) is 19.2 Å². The normalized spacial score (nSPS) is 12.8. The summed E-state index contributed by atoms with van der Waals surface area (Å²) >= 11 is 0. The van der Waals surface area contributed by atoms with Gasteiger partial charge in [0.2, 0.25) is 0 Å². The lowest BCUT2D eigenvalue weighted by Gasteiger charge is -2.16. The van der Waals surface area contributed by atoms with Gasteiger partial charge in [0.05, 0.1) is 31.1 Å². The van der Waals surface area contributed by atoms with Crippen molar-refractivity contribution in [3.05, 3.63) is 65.7 Å². The standard InChI is InChI=1S/C17H14N2O/c1-20-15-9-7-14(8-10-15)17(12-19)16(11-18)13-5-3-2-4-6-13/h2-10,16-17H,1H3/t16-,17-/m1/s1. The van der Waals surface area contributed by atoms with Crippen molar-refractivity contribution in [3.63, 3.8) is 0 Å². The highest BCUT2D eigenvalue weighted by Crippen LogP contribution is 2.32. The summed E-state index contributed by atoms with van der Waals surface area (Å²) in [7, 11) is 1.60. The molecule has 3 nitrogen and oxygen atoms in total. The fourth-order valence-corrected chi connectivity index (χ4v) is 2.15.